The summed E-state index contributed by atoms with van der Waals surface area (Å²) in [5.74, 6) is 1.08. The highest BCUT2D eigenvalue weighted by Crippen LogP contribution is 2.27. The maximum absolute atomic E-state index is 13.2. The monoisotopic (exact) mass is 295 g/mol. The number of methoxy groups -OCH3 is 2. The third kappa shape index (κ3) is 3.33. The average Bonchev–Trinajstić information content (AvgIpc) is 2.48. The van der Waals surface area contributed by atoms with E-state index >= 15 is 0 Å². The largest absolute Gasteiger partial charge is 0.497 e. The molecule has 0 aromatic heterocycles. The average molecular weight is 296 g/mol. The Morgan fingerprint density at radius 1 is 1.10 bits per heavy atom. The van der Waals surface area contributed by atoms with Crippen molar-refractivity contribution >= 4 is 17.3 Å². The van der Waals surface area contributed by atoms with Crippen molar-refractivity contribution in [3.63, 3.8) is 0 Å². The zero-order valence-electron chi connectivity index (χ0n) is 11.2. The summed E-state index contributed by atoms with van der Waals surface area (Å²) in [6.45, 7) is 0.469. The summed E-state index contributed by atoms with van der Waals surface area (Å²) >= 11 is 6.00. The lowest BCUT2D eigenvalue weighted by Gasteiger charge is -2.13. The van der Waals surface area contributed by atoms with Gasteiger partial charge in [0.2, 0.25) is 0 Å². The molecule has 5 heteroatoms. The molecule has 0 atom stereocenters. The molecule has 20 heavy (non-hydrogen) atoms. The van der Waals surface area contributed by atoms with Gasteiger partial charge in [-0.2, -0.15) is 0 Å². The topological polar surface area (TPSA) is 30.5 Å². The van der Waals surface area contributed by atoms with Crippen LogP contribution in [-0.2, 0) is 6.54 Å². The molecule has 2 aromatic carbocycles. The van der Waals surface area contributed by atoms with Gasteiger partial charge in [0.05, 0.1) is 24.9 Å². The maximum Gasteiger partial charge on any atom is 0.127 e. The van der Waals surface area contributed by atoms with Gasteiger partial charge in [0.25, 0.3) is 0 Å². The molecule has 0 saturated carbocycles. The number of anilines is 1. The van der Waals surface area contributed by atoms with E-state index in [1.54, 1.807) is 20.3 Å². The first-order valence-electron chi connectivity index (χ1n) is 6.04. The molecule has 0 aliphatic carbocycles. The minimum Gasteiger partial charge on any atom is -0.497 e. The lowest BCUT2D eigenvalue weighted by Crippen LogP contribution is -2.02. The molecule has 0 saturated heterocycles. The van der Waals surface area contributed by atoms with Gasteiger partial charge in [-0.15, -0.1) is 0 Å². The Hall–Kier alpha value is -1.94. The van der Waals surface area contributed by atoms with E-state index in [1.807, 2.05) is 12.1 Å². The Kier molecular flexibility index (Phi) is 4.69. The second-order valence-electron chi connectivity index (χ2n) is 4.16. The number of hydrogen-bond donors (Lipinski definition) is 1. The summed E-state index contributed by atoms with van der Waals surface area (Å²) < 4.78 is 23.6. The maximum atomic E-state index is 13.2. The molecule has 0 aliphatic rings. The zero-order valence-corrected chi connectivity index (χ0v) is 12.0. The molecule has 2 aromatic rings. The molecule has 0 unspecified atom stereocenters. The molecule has 0 bridgehead atoms. The number of halogens is 2. The van der Waals surface area contributed by atoms with Crippen LogP contribution in [0.2, 0.25) is 5.02 Å². The van der Waals surface area contributed by atoms with Crippen LogP contribution in [0, 0.1) is 5.82 Å². The van der Waals surface area contributed by atoms with Crippen molar-refractivity contribution in [2.24, 2.45) is 0 Å². The Morgan fingerprint density at radius 3 is 2.60 bits per heavy atom. The number of ether oxygens (including phenoxy) is 2. The molecule has 106 valence electrons. The number of benzene rings is 2. The zero-order chi connectivity index (χ0) is 14.5. The summed E-state index contributed by atoms with van der Waals surface area (Å²) in [5, 5.41) is 3.56. The van der Waals surface area contributed by atoms with E-state index in [9.17, 15) is 4.39 Å². The van der Waals surface area contributed by atoms with Crippen molar-refractivity contribution in [3.8, 4) is 11.5 Å². The highest BCUT2D eigenvalue weighted by atomic mass is 35.5. The molecular formula is C15H15ClFNO2. The Labute approximate surface area is 122 Å². The summed E-state index contributed by atoms with van der Waals surface area (Å²) in [6, 6.07) is 9.72. The third-order valence-electron chi connectivity index (χ3n) is 2.89. The summed E-state index contributed by atoms with van der Waals surface area (Å²) in [7, 11) is 3.19. The van der Waals surface area contributed by atoms with Gasteiger partial charge in [-0.05, 0) is 30.3 Å². The van der Waals surface area contributed by atoms with Crippen molar-refractivity contribution in [2.75, 3.05) is 19.5 Å². The molecule has 0 aliphatic heterocycles. The van der Waals surface area contributed by atoms with Gasteiger partial charge in [0, 0.05) is 18.2 Å². The van der Waals surface area contributed by atoms with Crippen LogP contribution in [0.4, 0.5) is 10.1 Å². The van der Waals surface area contributed by atoms with E-state index in [-0.39, 0.29) is 5.82 Å². The molecule has 0 amide bonds. The van der Waals surface area contributed by atoms with Crippen LogP contribution < -0.4 is 14.8 Å². The van der Waals surface area contributed by atoms with Gasteiger partial charge in [0.15, 0.2) is 0 Å². The quantitative estimate of drug-likeness (QED) is 0.900. The van der Waals surface area contributed by atoms with Crippen molar-refractivity contribution in [1.82, 2.24) is 0 Å². The van der Waals surface area contributed by atoms with Crippen molar-refractivity contribution in [1.29, 1.82) is 0 Å². The minimum atomic E-state index is -0.335. The normalized spacial score (nSPS) is 10.2. The molecule has 1 N–H and O–H groups in total. The van der Waals surface area contributed by atoms with Gasteiger partial charge in [-0.25, -0.2) is 4.39 Å². The van der Waals surface area contributed by atoms with E-state index in [2.05, 4.69) is 5.32 Å². The Morgan fingerprint density at radius 2 is 1.90 bits per heavy atom. The molecule has 2 rings (SSSR count). The van der Waals surface area contributed by atoms with Crippen LogP contribution in [0.3, 0.4) is 0 Å². The first-order valence-corrected chi connectivity index (χ1v) is 6.41. The fourth-order valence-electron chi connectivity index (χ4n) is 1.82. The van der Waals surface area contributed by atoms with E-state index < -0.39 is 0 Å². The van der Waals surface area contributed by atoms with E-state index in [0.717, 1.165) is 11.3 Å². The SMILES string of the molecule is COc1ccc(CNc2cc(F)ccc2Cl)c(OC)c1. The summed E-state index contributed by atoms with van der Waals surface area (Å²) in [5.41, 5.74) is 1.47. The van der Waals surface area contributed by atoms with E-state index in [4.69, 9.17) is 21.1 Å². The lowest BCUT2D eigenvalue weighted by molar-refractivity contribution is 0.391. The van der Waals surface area contributed by atoms with Gasteiger partial charge in [-0.3, -0.25) is 0 Å². The second kappa shape index (κ2) is 6.48. The molecule has 0 spiro atoms. The highest BCUT2D eigenvalue weighted by molar-refractivity contribution is 6.33. The molecule has 0 fully saturated rings. The summed E-state index contributed by atoms with van der Waals surface area (Å²) in [4.78, 5) is 0. The predicted molar refractivity (Wildman–Crippen MR) is 78.3 cm³/mol. The predicted octanol–water partition coefficient (Wildman–Crippen LogP) is 4.11. The Balaban J connectivity index is 2.16. The van der Waals surface area contributed by atoms with Gasteiger partial charge in [-0.1, -0.05) is 11.6 Å². The molecule has 0 radical (unpaired) electrons. The first-order chi connectivity index (χ1) is 9.63. The van der Waals surface area contributed by atoms with Crippen LogP contribution in [0.5, 0.6) is 11.5 Å². The van der Waals surface area contributed by atoms with Crippen molar-refractivity contribution in [3.05, 3.63) is 52.8 Å². The van der Waals surface area contributed by atoms with Crippen LogP contribution in [-0.4, -0.2) is 14.2 Å². The molecular weight excluding hydrogens is 281 g/mol. The van der Waals surface area contributed by atoms with Crippen LogP contribution in [0.15, 0.2) is 36.4 Å². The fraction of sp³-hybridized carbons (Fsp3) is 0.200. The molecule has 0 heterocycles. The summed E-state index contributed by atoms with van der Waals surface area (Å²) in [6.07, 6.45) is 0. The fourth-order valence-corrected chi connectivity index (χ4v) is 2.01. The number of nitrogens with one attached hydrogen (secondary N) is 1. The Bertz CT molecular complexity index is 604. The van der Waals surface area contributed by atoms with Gasteiger partial charge < -0.3 is 14.8 Å². The van der Waals surface area contributed by atoms with Crippen molar-refractivity contribution in [2.45, 2.75) is 6.54 Å². The standard InChI is InChI=1S/C15H15ClFNO2/c1-19-12-5-3-10(15(8-12)20-2)9-18-14-7-11(17)4-6-13(14)16/h3-8,18H,9H2,1-2H3. The van der Waals surface area contributed by atoms with Crippen LogP contribution in [0.1, 0.15) is 5.56 Å². The van der Waals surface area contributed by atoms with Crippen LogP contribution >= 0.6 is 11.6 Å². The van der Waals surface area contributed by atoms with Crippen LogP contribution in [0.25, 0.3) is 0 Å². The lowest BCUT2D eigenvalue weighted by atomic mass is 10.2. The second-order valence-corrected chi connectivity index (χ2v) is 4.56. The molecule has 3 nitrogen and oxygen atoms in total. The van der Waals surface area contributed by atoms with Gasteiger partial charge >= 0.3 is 0 Å². The number of rotatable bonds is 5. The van der Waals surface area contributed by atoms with Gasteiger partial charge in [0.1, 0.15) is 17.3 Å². The minimum absolute atomic E-state index is 0.335. The number of hydrogen-bond acceptors (Lipinski definition) is 3. The third-order valence-corrected chi connectivity index (χ3v) is 3.22. The smallest absolute Gasteiger partial charge is 0.127 e. The van der Waals surface area contributed by atoms with E-state index in [0.29, 0.717) is 23.0 Å². The highest BCUT2D eigenvalue weighted by Gasteiger charge is 2.07. The van der Waals surface area contributed by atoms with E-state index in [1.165, 1.54) is 18.2 Å². The van der Waals surface area contributed by atoms with Crippen molar-refractivity contribution < 1.29 is 13.9 Å². The first kappa shape index (κ1) is 14.5.